The third-order valence-corrected chi connectivity index (χ3v) is 3.82. The van der Waals surface area contributed by atoms with Crippen LogP contribution in [0.5, 0.6) is 0 Å². The second-order valence-corrected chi connectivity index (χ2v) is 8.91. The van der Waals surface area contributed by atoms with E-state index in [0.29, 0.717) is 6.42 Å². The monoisotopic (exact) mass is 324 g/mol. The molecule has 1 rings (SSSR count). The standard InChI is InChI=1S/C19H32O4/c1-17(2,3)22-15(20)12-14-8-10-19(7,11-9-14)13-16(21)23-18(4,5)6/h12H,8-11,13H2,1-7H3. The van der Waals surface area contributed by atoms with Crippen LogP contribution >= 0.6 is 0 Å². The molecule has 23 heavy (non-hydrogen) atoms. The predicted molar refractivity (Wildman–Crippen MR) is 91.0 cm³/mol. The fraction of sp³-hybridized carbons (Fsp3) is 0.789. The highest BCUT2D eigenvalue weighted by Gasteiger charge is 2.33. The van der Waals surface area contributed by atoms with Crippen molar-refractivity contribution < 1.29 is 19.1 Å². The van der Waals surface area contributed by atoms with E-state index in [4.69, 9.17) is 9.47 Å². The zero-order valence-corrected chi connectivity index (χ0v) is 15.7. The van der Waals surface area contributed by atoms with Gasteiger partial charge in [-0.25, -0.2) is 4.79 Å². The molecule has 0 heterocycles. The quantitative estimate of drug-likeness (QED) is 0.564. The fourth-order valence-electron chi connectivity index (χ4n) is 2.72. The summed E-state index contributed by atoms with van der Waals surface area (Å²) in [6.07, 6.45) is 5.50. The number of hydrogen-bond donors (Lipinski definition) is 0. The van der Waals surface area contributed by atoms with E-state index in [1.54, 1.807) is 6.08 Å². The number of ether oxygens (including phenoxy) is 2. The highest BCUT2D eigenvalue weighted by molar-refractivity contribution is 5.83. The van der Waals surface area contributed by atoms with E-state index in [2.05, 4.69) is 6.92 Å². The Morgan fingerprint density at radius 3 is 1.91 bits per heavy atom. The smallest absolute Gasteiger partial charge is 0.331 e. The molecule has 0 unspecified atom stereocenters. The van der Waals surface area contributed by atoms with Crippen molar-refractivity contribution in [3.8, 4) is 0 Å². The summed E-state index contributed by atoms with van der Waals surface area (Å²) in [6, 6.07) is 0. The Hall–Kier alpha value is -1.32. The van der Waals surface area contributed by atoms with Gasteiger partial charge in [0.2, 0.25) is 0 Å². The molecule has 0 saturated heterocycles. The van der Waals surface area contributed by atoms with Crippen molar-refractivity contribution >= 4 is 11.9 Å². The van der Waals surface area contributed by atoms with E-state index in [-0.39, 0.29) is 17.4 Å². The molecule has 0 radical (unpaired) electrons. The van der Waals surface area contributed by atoms with Crippen molar-refractivity contribution in [2.45, 2.75) is 91.8 Å². The number of allylic oxidation sites excluding steroid dienone is 1. The summed E-state index contributed by atoms with van der Waals surface area (Å²) >= 11 is 0. The number of esters is 2. The molecule has 0 aromatic heterocycles. The Morgan fingerprint density at radius 1 is 1.00 bits per heavy atom. The lowest BCUT2D eigenvalue weighted by atomic mass is 9.72. The second kappa shape index (κ2) is 7.06. The maximum absolute atomic E-state index is 12.0. The lowest BCUT2D eigenvalue weighted by molar-refractivity contribution is -0.158. The molecule has 0 atom stereocenters. The lowest BCUT2D eigenvalue weighted by Crippen LogP contribution is -2.30. The van der Waals surface area contributed by atoms with E-state index in [0.717, 1.165) is 31.3 Å². The van der Waals surface area contributed by atoms with Crippen molar-refractivity contribution in [1.29, 1.82) is 0 Å². The number of rotatable bonds is 3. The highest BCUT2D eigenvalue weighted by Crippen LogP contribution is 2.41. The normalized spacial score (nSPS) is 22.5. The van der Waals surface area contributed by atoms with Crippen LogP contribution in [0.1, 0.15) is 80.6 Å². The van der Waals surface area contributed by atoms with Crippen molar-refractivity contribution in [2.75, 3.05) is 0 Å². The average molecular weight is 324 g/mol. The van der Waals surface area contributed by atoms with Crippen molar-refractivity contribution in [3.63, 3.8) is 0 Å². The maximum atomic E-state index is 12.0. The van der Waals surface area contributed by atoms with E-state index < -0.39 is 11.2 Å². The number of hydrogen-bond acceptors (Lipinski definition) is 4. The van der Waals surface area contributed by atoms with Crippen LogP contribution in [0, 0.1) is 5.41 Å². The molecule has 1 fully saturated rings. The molecule has 0 N–H and O–H groups in total. The van der Waals surface area contributed by atoms with Crippen molar-refractivity contribution in [3.05, 3.63) is 11.6 Å². The summed E-state index contributed by atoms with van der Waals surface area (Å²) in [6.45, 7) is 13.4. The summed E-state index contributed by atoms with van der Waals surface area (Å²) < 4.78 is 10.7. The molecule has 1 aliphatic carbocycles. The zero-order chi connectivity index (χ0) is 17.9. The van der Waals surface area contributed by atoms with Crippen LogP contribution in [-0.4, -0.2) is 23.1 Å². The molecule has 132 valence electrons. The molecule has 4 nitrogen and oxygen atoms in total. The van der Waals surface area contributed by atoms with Gasteiger partial charge in [-0.05, 0) is 72.6 Å². The van der Waals surface area contributed by atoms with Crippen LogP contribution in [0.2, 0.25) is 0 Å². The third kappa shape index (κ3) is 8.19. The van der Waals surface area contributed by atoms with Gasteiger partial charge in [0.1, 0.15) is 11.2 Å². The SMILES string of the molecule is CC1(CC(=O)OC(C)(C)C)CCC(=CC(=O)OC(C)(C)C)CC1. The Kier molecular flexibility index (Phi) is 6.06. The Labute approximate surface area is 140 Å². The average Bonchev–Trinajstić information content (AvgIpc) is 2.27. The molecule has 4 heteroatoms. The van der Waals surface area contributed by atoms with Gasteiger partial charge in [0, 0.05) is 6.08 Å². The second-order valence-electron chi connectivity index (χ2n) is 8.91. The van der Waals surface area contributed by atoms with Gasteiger partial charge in [0.05, 0.1) is 6.42 Å². The molecule has 1 aliphatic rings. The molecule has 0 aromatic rings. The summed E-state index contributed by atoms with van der Waals surface area (Å²) in [7, 11) is 0. The Morgan fingerprint density at radius 2 is 1.48 bits per heavy atom. The predicted octanol–water partition coefficient (Wildman–Crippen LogP) is 4.57. The lowest BCUT2D eigenvalue weighted by Gasteiger charge is -2.34. The first kappa shape index (κ1) is 19.7. The number of carbonyl (C=O) groups excluding carboxylic acids is 2. The molecular weight excluding hydrogens is 292 g/mol. The third-order valence-electron chi connectivity index (χ3n) is 3.82. The molecule has 1 saturated carbocycles. The van der Waals surface area contributed by atoms with Gasteiger partial charge < -0.3 is 9.47 Å². The van der Waals surface area contributed by atoms with Gasteiger partial charge in [0.25, 0.3) is 0 Å². The van der Waals surface area contributed by atoms with Gasteiger partial charge in [-0.2, -0.15) is 0 Å². The van der Waals surface area contributed by atoms with Crippen LogP contribution in [0.4, 0.5) is 0 Å². The molecular formula is C19H32O4. The van der Waals surface area contributed by atoms with Crippen LogP contribution in [0.15, 0.2) is 11.6 Å². The Bertz CT molecular complexity index is 465. The molecule has 0 aliphatic heterocycles. The van der Waals surface area contributed by atoms with E-state index in [1.165, 1.54) is 0 Å². The number of carbonyl (C=O) groups is 2. The zero-order valence-electron chi connectivity index (χ0n) is 15.7. The highest BCUT2D eigenvalue weighted by atomic mass is 16.6. The first-order valence-electron chi connectivity index (χ1n) is 8.42. The molecule has 0 amide bonds. The van der Waals surface area contributed by atoms with Crippen LogP contribution in [0.25, 0.3) is 0 Å². The minimum Gasteiger partial charge on any atom is -0.460 e. The van der Waals surface area contributed by atoms with Crippen LogP contribution in [0.3, 0.4) is 0 Å². The molecule has 0 spiro atoms. The molecule has 0 aromatic carbocycles. The minimum atomic E-state index is -0.464. The van der Waals surface area contributed by atoms with Crippen LogP contribution < -0.4 is 0 Å². The first-order valence-corrected chi connectivity index (χ1v) is 8.42. The largest absolute Gasteiger partial charge is 0.460 e. The van der Waals surface area contributed by atoms with Gasteiger partial charge >= 0.3 is 11.9 Å². The maximum Gasteiger partial charge on any atom is 0.331 e. The van der Waals surface area contributed by atoms with E-state index in [1.807, 2.05) is 41.5 Å². The summed E-state index contributed by atoms with van der Waals surface area (Å²) in [4.78, 5) is 23.9. The summed E-state index contributed by atoms with van der Waals surface area (Å²) in [5.41, 5.74) is 0.159. The van der Waals surface area contributed by atoms with Crippen LogP contribution in [-0.2, 0) is 19.1 Å². The van der Waals surface area contributed by atoms with Gasteiger partial charge in [-0.15, -0.1) is 0 Å². The minimum absolute atomic E-state index is 0.0480. The Balaban J connectivity index is 2.54. The van der Waals surface area contributed by atoms with Gasteiger partial charge in [-0.1, -0.05) is 12.5 Å². The molecule has 0 bridgehead atoms. The van der Waals surface area contributed by atoms with E-state index >= 15 is 0 Å². The topological polar surface area (TPSA) is 52.6 Å². The van der Waals surface area contributed by atoms with E-state index in [9.17, 15) is 9.59 Å². The van der Waals surface area contributed by atoms with Gasteiger partial charge in [0.15, 0.2) is 0 Å². The summed E-state index contributed by atoms with van der Waals surface area (Å²) in [5.74, 6) is -0.414. The van der Waals surface area contributed by atoms with Gasteiger partial charge in [-0.3, -0.25) is 4.79 Å². The summed E-state index contributed by atoms with van der Waals surface area (Å²) in [5, 5.41) is 0. The first-order chi connectivity index (χ1) is 10.3. The fourth-order valence-corrected chi connectivity index (χ4v) is 2.72. The van der Waals surface area contributed by atoms with Crippen molar-refractivity contribution in [1.82, 2.24) is 0 Å². The van der Waals surface area contributed by atoms with Crippen molar-refractivity contribution in [2.24, 2.45) is 5.41 Å².